The van der Waals surface area contributed by atoms with Crippen LogP contribution < -0.4 is 5.32 Å². The van der Waals surface area contributed by atoms with E-state index in [4.69, 9.17) is 0 Å². The standard InChI is InChI=1S/C21H26F3N3OS/c1-15-7-11-27(12-8-15)10-2-9-25-19(28)13-18-14-29-20(26-18)16-3-5-17(6-4-16)21(22,23)24/h3-6,14-15H,2,7-13H2,1H3,(H,25,28). The van der Waals surface area contributed by atoms with Crippen molar-refractivity contribution in [3.8, 4) is 10.6 Å². The lowest BCUT2D eigenvalue weighted by Gasteiger charge is -2.30. The second kappa shape index (κ2) is 9.71. The van der Waals surface area contributed by atoms with E-state index in [1.807, 2.05) is 0 Å². The van der Waals surface area contributed by atoms with E-state index in [1.165, 1.54) is 36.3 Å². The van der Waals surface area contributed by atoms with E-state index in [9.17, 15) is 18.0 Å². The van der Waals surface area contributed by atoms with Crippen molar-refractivity contribution >= 4 is 17.2 Å². The van der Waals surface area contributed by atoms with Gasteiger partial charge in [0.2, 0.25) is 5.91 Å². The zero-order valence-corrected chi connectivity index (χ0v) is 17.3. The molecule has 0 aliphatic carbocycles. The first-order valence-corrected chi connectivity index (χ1v) is 10.8. The van der Waals surface area contributed by atoms with Crippen LogP contribution in [0.4, 0.5) is 13.2 Å². The van der Waals surface area contributed by atoms with E-state index >= 15 is 0 Å². The lowest BCUT2D eigenvalue weighted by molar-refractivity contribution is -0.137. The molecule has 158 valence electrons. The molecular formula is C21H26F3N3OS. The maximum absolute atomic E-state index is 12.7. The highest BCUT2D eigenvalue weighted by atomic mass is 32.1. The number of aromatic nitrogens is 1. The first-order valence-electron chi connectivity index (χ1n) is 9.92. The van der Waals surface area contributed by atoms with E-state index in [1.54, 1.807) is 5.38 Å². The molecule has 0 bridgehead atoms. The summed E-state index contributed by atoms with van der Waals surface area (Å²) >= 11 is 1.33. The van der Waals surface area contributed by atoms with Crippen molar-refractivity contribution in [3.05, 3.63) is 40.9 Å². The normalized spacial score (nSPS) is 16.1. The number of rotatable bonds is 7. The maximum atomic E-state index is 12.7. The van der Waals surface area contributed by atoms with Gasteiger partial charge in [0.1, 0.15) is 5.01 Å². The van der Waals surface area contributed by atoms with Gasteiger partial charge < -0.3 is 10.2 Å². The van der Waals surface area contributed by atoms with E-state index in [0.29, 0.717) is 22.8 Å². The van der Waals surface area contributed by atoms with E-state index < -0.39 is 11.7 Å². The molecule has 1 aromatic heterocycles. The monoisotopic (exact) mass is 425 g/mol. The quantitative estimate of drug-likeness (QED) is 0.659. The number of likely N-dealkylation sites (tertiary alicyclic amines) is 1. The summed E-state index contributed by atoms with van der Waals surface area (Å²) in [7, 11) is 0. The lowest BCUT2D eigenvalue weighted by Crippen LogP contribution is -2.35. The number of alkyl halides is 3. The summed E-state index contributed by atoms with van der Waals surface area (Å²) in [6.45, 7) is 6.21. The molecule has 1 aromatic carbocycles. The SMILES string of the molecule is CC1CCN(CCCNC(=O)Cc2csc(-c3ccc(C(F)(F)F)cc3)n2)CC1. The average molecular weight is 426 g/mol. The third-order valence-corrected chi connectivity index (χ3v) is 6.14. The molecule has 0 radical (unpaired) electrons. The summed E-state index contributed by atoms with van der Waals surface area (Å²) in [6.07, 6.45) is -0.752. The van der Waals surface area contributed by atoms with Crippen LogP contribution in [0.25, 0.3) is 10.6 Å². The van der Waals surface area contributed by atoms with Gasteiger partial charge in [-0.05, 0) is 56.9 Å². The summed E-state index contributed by atoms with van der Waals surface area (Å²) in [6, 6.07) is 4.91. The number of carbonyl (C=O) groups excluding carboxylic acids is 1. The van der Waals surface area contributed by atoms with Crippen molar-refractivity contribution < 1.29 is 18.0 Å². The topological polar surface area (TPSA) is 45.2 Å². The minimum atomic E-state index is -4.35. The molecule has 2 heterocycles. The minimum Gasteiger partial charge on any atom is -0.356 e. The molecule has 3 rings (SSSR count). The largest absolute Gasteiger partial charge is 0.416 e. The molecule has 29 heavy (non-hydrogen) atoms. The first kappa shape index (κ1) is 21.8. The first-order chi connectivity index (χ1) is 13.8. The Morgan fingerprint density at radius 3 is 2.59 bits per heavy atom. The maximum Gasteiger partial charge on any atom is 0.416 e. The molecule has 1 fully saturated rings. The smallest absolute Gasteiger partial charge is 0.356 e. The van der Waals surface area contributed by atoms with E-state index in [0.717, 1.165) is 44.1 Å². The Kier molecular flexibility index (Phi) is 7.29. The van der Waals surface area contributed by atoms with Gasteiger partial charge in [0.05, 0.1) is 17.7 Å². The van der Waals surface area contributed by atoms with Gasteiger partial charge in [-0.15, -0.1) is 11.3 Å². The second-order valence-electron chi connectivity index (χ2n) is 7.62. The summed E-state index contributed by atoms with van der Waals surface area (Å²) in [5.74, 6) is 0.734. The fourth-order valence-corrected chi connectivity index (χ4v) is 4.19. The zero-order valence-electron chi connectivity index (χ0n) is 16.5. The number of benzene rings is 1. The van der Waals surface area contributed by atoms with Gasteiger partial charge in [0, 0.05) is 17.5 Å². The van der Waals surface area contributed by atoms with Crippen LogP contribution in [-0.2, 0) is 17.4 Å². The van der Waals surface area contributed by atoms with Gasteiger partial charge in [0.15, 0.2) is 0 Å². The van der Waals surface area contributed by atoms with Gasteiger partial charge in [0.25, 0.3) is 0 Å². The number of amides is 1. The van der Waals surface area contributed by atoms with E-state index in [-0.39, 0.29) is 12.3 Å². The Morgan fingerprint density at radius 1 is 1.24 bits per heavy atom. The fraction of sp³-hybridized carbons (Fsp3) is 0.524. The highest BCUT2D eigenvalue weighted by Crippen LogP contribution is 2.31. The van der Waals surface area contributed by atoms with Crippen molar-refractivity contribution in [3.63, 3.8) is 0 Å². The second-order valence-corrected chi connectivity index (χ2v) is 8.48. The molecule has 1 aliphatic rings. The Morgan fingerprint density at radius 2 is 1.93 bits per heavy atom. The Bertz CT molecular complexity index is 796. The Labute approximate surface area is 173 Å². The molecule has 4 nitrogen and oxygen atoms in total. The molecule has 1 N–H and O–H groups in total. The number of piperidine rings is 1. The molecule has 8 heteroatoms. The lowest BCUT2D eigenvalue weighted by atomic mass is 9.99. The van der Waals surface area contributed by atoms with Gasteiger partial charge >= 0.3 is 6.18 Å². The van der Waals surface area contributed by atoms with Crippen molar-refractivity contribution in [1.82, 2.24) is 15.2 Å². The molecule has 0 saturated carbocycles. The van der Waals surface area contributed by atoms with Crippen LogP contribution in [0.2, 0.25) is 0 Å². The predicted octanol–water partition coefficient (Wildman–Crippen LogP) is 4.61. The van der Waals surface area contributed by atoms with Crippen LogP contribution in [0.1, 0.15) is 37.4 Å². The van der Waals surface area contributed by atoms with Crippen LogP contribution >= 0.6 is 11.3 Å². The number of carbonyl (C=O) groups is 1. The van der Waals surface area contributed by atoms with Gasteiger partial charge in [-0.25, -0.2) is 4.98 Å². The average Bonchev–Trinajstić information content (AvgIpc) is 3.14. The predicted molar refractivity (Wildman–Crippen MR) is 109 cm³/mol. The number of nitrogens with one attached hydrogen (secondary N) is 1. The number of halogens is 3. The van der Waals surface area contributed by atoms with Crippen molar-refractivity contribution in [2.45, 2.75) is 38.8 Å². The van der Waals surface area contributed by atoms with Crippen LogP contribution in [-0.4, -0.2) is 42.0 Å². The molecule has 0 spiro atoms. The van der Waals surface area contributed by atoms with Crippen LogP contribution in [0.3, 0.4) is 0 Å². The van der Waals surface area contributed by atoms with Gasteiger partial charge in [-0.2, -0.15) is 13.2 Å². The fourth-order valence-electron chi connectivity index (χ4n) is 3.37. The van der Waals surface area contributed by atoms with Crippen LogP contribution in [0.5, 0.6) is 0 Å². The van der Waals surface area contributed by atoms with Crippen LogP contribution in [0, 0.1) is 5.92 Å². The van der Waals surface area contributed by atoms with E-state index in [2.05, 4.69) is 22.1 Å². The Balaban J connectivity index is 1.42. The summed E-state index contributed by atoms with van der Waals surface area (Å²) in [5.41, 5.74) is 0.564. The molecule has 1 amide bonds. The molecule has 2 aromatic rings. The highest BCUT2D eigenvalue weighted by Gasteiger charge is 2.30. The molecule has 0 atom stereocenters. The number of hydrogen-bond donors (Lipinski definition) is 1. The number of thiazole rings is 1. The van der Waals surface area contributed by atoms with Crippen molar-refractivity contribution in [2.75, 3.05) is 26.2 Å². The third kappa shape index (κ3) is 6.54. The minimum absolute atomic E-state index is 0.0819. The molecule has 1 aliphatic heterocycles. The molecular weight excluding hydrogens is 399 g/mol. The Hall–Kier alpha value is -1.93. The van der Waals surface area contributed by atoms with Crippen molar-refractivity contribution in [1.29, 1.82) is 0 Å². The summed E-state index contributed by atoms with van der Waals surface area (Å²) < 4.78 is 38.0. The molecule has 0 unspecified atom stereocenters. The highest BCUT2D eigenvalue weighted by molar-refractivity contribution is 7.13. The van der Waals surface area contributed by atoms with Gasteiger partial charge in [-0.1, -0.05) is 19.1 Å². The number of nitrogens with zero attached hydrogens (tertiary/aromatic N) is 2. The summed E-state index contributed by atoms with van der Waals surface area (Å²) in [5, 5.41) is 5.32. The van der Waals surface area contributed by atoms with Gasteiger partial charge in [-0.3, -0.25) is 4.79 Å². The molecule has 1 saturated heterocycles. The number of hydrogen-bond acceptors (Lipinski definition) is 4. The summed E-state index contributed by atoms with van der Waals surface area (Å²) in [4.78, 5) is 19.0. The van der Waals surface area contributed by atoms with Crippen molar-refractivity contribution in [2.24, 2.45) is 5.92 Å². The van der Waals surface area contributed by atoms with Crippen LogP contribution in [0.15, 0.2) is 29.6 Å². The zero-order chi connectivity index (χ0) is 20.9. The third-order valence-electron chi connectivity index (χ3n) is 5.20.